The number of fused-ring (bicyclic) bond motifs is 4. The predicted molar refractivity (Wildman–Crippen MR) is 189 cm³/mol. The molecule has 0 aliphatic carbocycles. The highest BCUT2D eigenvalue weighted by atomic mass is 15.0. The molecule has 0 aliphatic rings. The molecule has 47 heavy (non-hydrogen) atoms. The predicted octanol–water partition coefficient (Wildman–Crippen LogP) is 9.78. The van der Waals surface area contributed by atoms with E-state index in [9.17, 15) is 0 Å². The van der Waals surface area contributed by atoms with Gasteiger partial charge >= 0.3 is 0 Å². The Morgan fingerprint density at radius 1 is 0.404 bits per heavy atom. The maximum absolute atomic E-state index is 4.92. The number of pyridine rings is 1. The van der Waals surface area contributed by atoms with E-state index in [1.54, 1.807) is 0 Å². The molecule has 6 heteroatoms. The fourth-order valence-corrected chi connectivity index (χ4v) is 6.11. The lowest BCUT2D eigenvalue weighted by atomic mass is 9.97. The molecule has 0 bridgehead atoms. The second-order valence-electron chi connectivity index (χ2n) is 11.5. The smallest absolute Gasteiger partial charge is 0.164 e. The topological polar surface area (TPSA) is 80.2 Å². The van der Waals surface area contributed by atoms with Crippen LogP contribution < -0.4 is 0 Å². The number of H-pyrrole nitrogens is 1. The van der Waals surface area contributed by atoms with Crippen molar-refractivity contribution >= 4 is 32.6 Å². The molecule has 0 amide bonds. The molecule has 0 saturated heterocycles. The fourth-order valence-electron chi connectivity index (χ4n) is 6.11. The summed E-state index contributed by atoms with van der Waals surface area (Å²) in [5.41, 5.74) is 7.78. The van der Waals surface area contributed by atoms with E-state index >= 15 is 0 Å². The molecule has 3 aromatic heterocycles. The summed E-state index contributed by atoms with van der Waals surface area (Å²) in [6.45, 7) is 0. The van der Waals surface area contributed by atoms with Gasteiger partial charge in [-0.25, -0.2) is 19.9 Å². The Morgan fingerprint density at radius 2 is 0.957 bits per heavy atom. The van der Waals surface area contributed by atoms with Crippen molar-refractivity contribution in [2.75, 3.05) is 0 Å². The lowest BCUT2D eigenvalue weighted by Gasteiger charge is -2.10. The van der Waals surface area contributed by atoms with Gasteiger partial charge in [0.05, 0.1) is 11.0 Å². The van der Waals surface area contributed by atoms with Crippen LogP contribution in [-0.4, -0.2) is 29.9 Å². The summed E-state index contributed by atoms with van der Waals surface area (Å²) in [5.74, 6) is 2.72. The highest BCUT2D eigenvalue weighted by Crippen LogP contribution is 2.33. The minimum atomic E-state index is 0.647. The van der Waals surface area contributed by atoms with Crippen molar-refractivity contribution in [3.63, 3.8) is 0 Å². The van der Waals surface area contributed by atoms with Crippen LogP contribution in [0.4, 0.5) is 0 Å². The molecule has 0 aliphatic heterocycles. The van der Waals surface area contributed by atoms with Crippen LogP contribution in [0.25, 0.3) is 89.4 Å². The van der Waals surface area contributed by atoms with E-state index in [4.69, 9.17) is 19.9 Å². The first-order chi connectivity index (χ1) is 23.2. The minimum Gasteiger partial charge on any atom is -0.337 e. The van der Waals surface area contributed by atoms with Crippen LogP contribution in [0.5, 0.6) is 0 Å². The number of nitrogens with zero attached hydrogens (tertiary/aromatic N) is 5. The Balaban J connectivity index is 1.07. The van der Waals surface area contributed by atoms with Gasteiger partial charge < -0.3 is 4.98 Å². The third-order valence-corrected chi connectivity index (χ3v) is 8.52. The molecule has 3 heterocycles. The molecule has 0 spiro atoms. The third kappa shape index (κ3) is 4.98. The zero-order valence-electron chi connectivity index (χ0n) is 25.2. The van der Waals surface area contributed by atoms with E-state index in [2.05, 4.69) is 64.6 Å². The van der Waals surface area contributed by atoms with Crippen molar-refractivity contribution in [2.24, 2.45) is 0 Å². The van der Waals surface area contributed by atoms with Crippen LogP contribution in [0, 0.1) is 0 Å². The Hall–Kier alpha value is -6.53. The molecular weight excluding hydrogens is 576 g/mol. The van der Waals surface area contributed by atoms with Gasteiger partial charge in [-0.1, -0.05) is 115 Å². The monoisotopic (exact) mass is 602 g/mol. The summed E-state index contributed by atoms with van der Waals surface area (Å²) < 4.78 is 0. The second kappa shape index (κ2) is 11.1. The quantitative estimate of drug-likeness (QED) is 0.198. The number of para-hydroxylation sites is 2. The molecular formula is C41H26N6. The van der Waals surface area contributed by atoms with Gasteiger partial charge in [0, 0.05) is 28.5 Å². The zero-order chi connectivity index (χ0) is 31.2. The van der Waals surface area contributed by atoms with E-state index in [1.807, 2.05) is 97.2 Å². The SMILES string of the molecule is c1ccc(-c2nc(-c3ccccc3)nc(-c3ccc4c(ccc5cc(-c6ccc(-c7nc8ccccc8[nH]7)nc6)ccc54)c3)n2)cc1. The number of nitrogens with one attached hydrogen (secondary N) is 1. The lowest BCUT2D eigenvalue weighted by molar-refractivity contribution is 1.07. The average Bonchev–Trinajstić information content (AvgIpc) is 3.59. The van der Waals surface area contributed by atoms with E-state index in [0.717, 1.165) is 55.8 Å². The van der Waals surface area contributed by atoms with E-state index < -0.39 is 0 Å². The number of aromatic amines is 1. The van der Waals surface area contributed by atoms with Crippen LogP contribution in [0.15, 0.2) is 152 Å². The van der Waals surface area contributed by atoms with Crippen LogP contribution in [0.3, 0.4) is 0 Å². The first-order valence-corrected chi connectivity index (χ1v) is 15.5. The van der Waals surface area contributed by atoms with Crippen molar-refractivity contribution in [3.05, 3.63) is 152 Å². The van der Waals surface area contributed by atoms with Crippen LogP contribution in [0.2, 0.25) is 0 Å². The van der Waals surface area contributed by atoms with Crippen LogP contribution in [-0.2, 0) is 0 Å². The van der Waals surface area contributed by atoms with Crippen LogP contribution in [0.1, 0.15) is 0 Å². The zero-order valence-corrected chi connectivity index (χ0v) is 25.2. The number of benzene rings is 6. The van der Waals surface area contributed by atoms with Crippen molar-refractivity contribution in [2.45, 2.75) is 0 Å². The maximum Gasteiger partial charge on any atom is 0.164 e. The molecule has 0 radical (unpaired) electrons. The number of hydrogen-bond donors (Lipinski definition) is 1. The van der Waals surface area contributed by atoms with Gasteiger partial charge in [0.25, 0.3) is 0 Å². The largest absolute Gasteiger partial charge is 0.337 e. The molecule has 0 saturated carbocycles. The molecule has 0 unspecified atom stereocenters. The Bertz CT molecular complexity index is 2470. The molecule has 9 aromatic rings. The summed E-state index contributed by atoms with van der Waals surface area (Å²) in [6.07, 6.45) is 1.92. The second-order valence-corrected chi connectivity index (χ2v) is 11.5. The number of rotatable bonds is 5. The van der Waals surface area contributed by atoms with Crippen molar-refractivity contribution < 1.29 is 0 Å². The number of imidazole rings is 1. The average molecular weight is 603 g/mol. The minimum absolute atomic E-state index is 0.647. The molecule has 6 nitrogen and oxygen atoms in total. The van der Waals surface area contributed by atoms with E-state index in [1.165, 1.54) is 16.2 Å². The van der Waals surface area contributed by atoms with Gasteiger partial charge in [0.1, 0.15) is 5.69 Å². The fraction of sp³-hybridized carbons (Fsp3) is 0. The van der Waals surface area contributed by atoms with Gasteiger partial charge in [0.2, 0.25) is 0 Å². The van der Waals surface area contributed by atoms with Crippen LogP contribution >= 0.6 is 0 Å². The standard InChI is InChI=1S/C41H26N6/c1-3-9-26(10-4-1)38-45-39(27-11-5-2-6-12-27)47-40(46-38)31-18-21-34-30(24-31)16-15-29-23-28(17-20-33(29)34)32-19-22-37(42-25-32)41-43-35-13-7-8-14-36(35)44-41/h1-25H,(H,43,44). The van der Waals surface area contributed by atoms with Gasteiger partial charge in [-0.3, -0.25) is 4.98 Å². The highest BCUT2D eigenvalue weighted by Gasteiger charge is 2.14. The summed E-state index contributed by atoms with van der Waals surface area (Å²) in [7, 11) is 0. The summed E-state index contributed by atoms with van der Waals surface area (Å²) in [4.78, 5) is 27.4. The molecule has 0 fully saturated rings. The summed E-state index contributed by atoms with van der Waals surface area (Å²) in [6, 6.07) is 49.6. The highest BCUT2D eigenvalue weighted by molar-refractivity contribution is 6.09. The maximum atomic E-state index is 4.92. The van der Waals surface area contributed by atoms with Crippen molar-refractivity contribution in [3.8, 4) is 56.8 Å². The van der Waals surface area contributed by atoms with Gasteiger partial charge in [0.15, 0.2) is 23.3 Å². The normalized spacial score (nSPS) is 11.4. The molecule has 220 valence electrons. The Labute approximate surface area is 270 Å². The molecule has 9 rings (SSSR count). The van der Waals surface area contributed by atoms with Gasteiger partial charge in [-0.2, -0.15) is 0 Å². The molecule has 1 N–H and O–H groups in total. The Kier molecular flexibility index (Phi) is 6.35. The van der Waals surface area contributed by atoms with E-state index in [-0.39, 0.29) is 0 Å². The molecule has 0 atom stereocenters. The number of aromatic nitrogens is 6. The van der Waals surface area contributed by atoms with Gasteiger partial charge in [-0.05, 0) is 57.4 Å². The van der Waals surface area contributed by atoms with Crippen molar-refractivity contribution in [1.29, 1.82) is 0 Å². The first kappa shape index (κ1) is 26.8. The van der Waals surface area contributed by atoms with Crippen molar-refractivity contribution in [1.82, 2.24) is 29.9 Å². The van der Waals surface area contributed by atoms with Gasteiger partial charge in [-0.15, -0.1) is 0 Å². The lowest BCUT2D eigenvalue weighted by Crippen LogP contribution is -2.00. The summed E-state index contributed by atoms with van der Waals surface area (Å²) in [5, 5.41) is 4.66. The third-order valence-electron chi connectivity index (χ3n) is 8.52. The molecule has 6 aromatic carbocycles. The summed E-state index contributed by atoms with van der Waals surface area (Å²) >= 11 is 0. The Morgan fingerprint density at radius 3 is 1.57 bits per heavy atom. The first-order valence-electron chi connectivity index (χ1n) is 15.5. The number of hydrogen-bond acceptors (Lipinski definition) is 5. The van der Waals surface area contributed by atoms with E-state index in [0.29, 0.717) is 17.5 Å².